The molecule has 0 aliphatic rings. The van der Waals surface area contributed by atoms with E-state index in [1.54, 1.807) is 0 Å². The number of anilines is 1. The number of benzene rings is 1. The van der Waals surface area contributed by atoms with Gasteiger partial charge in [-0.15, -0.1) is 0 Å². The van der Waals surface area contributed by atoms with Gasteiger partial charge in [-0.05, 0) is 18.6 Å². The van der Waals surface area contributed by atoms with Crippen LogP contribution in [0.2, 0.25) is 5.02 Å². The van der Waals surface area contributed by atoms with Crippen LogP contribution >= 0.6 is 22.9 Å². The highest BCUT2D eigenvalue weighted by atomic mass is 35.5. The predicted octanol–water partition coefficient (Wildman–Crippen LogP) is 2.30. The van der Waals surface area contributed by atoms with E-state index in [2.05, 4.69) is 15.0 Å². The lowest BCUT2D eigenvalue weighted by molar-refractivity contribution is 0.586. The van der Waals surface area contributed by atoms with E-state index >= 15 is 0 Å². The van der Waals surface area contributed by atoms with Crippen LogP contribution in [0.4, 0.5) is 5.13 Å². The van der Waals surface area contributed by atoms with Gasteiger partial charge in [0, 0.05) is 13.1 Å². The number of thiazole rings is 1. The van der Waals surface area contributed by atoms with Gasteiger partial charge in [-0.3, -0.25) is 0 Å². The molecule has 0 bridgehead atoms. The molecule has 0 radical (unpaired) electrons. The van der Waals surface area contributed by atoms with Crippen LogP contribution in [0.5, 0.6) is 0 Å². The number of fused-ring (bicyclic) bond motifs is 1. The molecule has 0 aliphatic heterocycles. The predicted molar refractivity (Wildman–Crippen MR) is 80.6 cm³/mol. The molecule has 2 aromatic rings. The number of nitrogens with zero attached hydrogens (tertiary/aromatic N) is 1. The topological polar surface area (TPSA) is 71.1 Å². The minimum atomic E-state index is -3.10. The maximum atomic E-state index is 10.9. The highest BCUT2D eigenvalue weighted by Crippen LogP contribution is 2.31. The van der Waals surface area contributed by atoms with Crippen LogP contribution in [0.3, 0.4) is 0 Å². The first-order chi connectivity index (χ1) is 8.96. The van der Waals surface area contributed by atoms with Crippen molar-refractivity contribution >= 4 is 48.3 Å². The van der Waals surface area contributed by atoms with Crippen LogP contribution < -0.4 is 10.0 Å². The van der Waals surface area contributed by atoms with Gasteiger partial charge in [-0.2, -0.15) is 0 Å². The Morgan fingerprint density at radius 1 is 1.37 bits per heavy atom. The molecule has 1 aromatic carbocycles. The van der Waals surface area contributed by atoms with E-state index in [0.717, 1.165) is 21.6 Å². The monoisotopic (exact) mass is 319 g/mol. The molecule has 0 saturated carbocycles. The molecule has 0 unspecified atom stereocenters. The summed E-state index contributed by atoms with van der Waals surface area (Å²) in [4.78, 5) is 4.40. The Morgan fingerprint density at radius 3 is 2.84 bits per heavy atom. The summed E-state index contributed by atoms with van der Waals surface area (Å²) in [6.07, 6.45) is 1.84. The largest absolute Gasteiger partial charge is 0.361 e. The molecule has 1 aromatic heterocycles. The fraction of sp³-hybridized carbons (Fsp3) is 0.364. The summed E-state index contributed by atoms with van der Waals surface area (Å²) >= 11 is 7.56. The summed E-state index contributed by atoms with van der Waals surface area (Å²) < 4.78 is 25.1. The number of hydrogen-bond donors (Lipinski definition) is 2. The zero-order valence-corrected chi connectivity index (χ0v) is 12.7. The molecule has 2 rings (SSSR count). The quantitative estimate of drug-likeness (QED) is 0.801. The minimum absolute atomic E-state index is 0.414. The number of nitrogens with one attached hydrogen (secondary N) is 2. The first-order valence-electron chi connectivity index (χ1n) is 5.69. The van der Waals surface area contributed by atoms with Gasteiger partial charge in [0.1, 0.15) is 0 Å². The third kappa shape index (κ3) is 4.31. The van der Waals surface area contributed by atoms with E-state index in [1.807, 2.05) is 18.2 Å². The maximum absolute atomic E-state index is 10.9. The zero-order chi connectivity index (χ0) is 13.9. The van der Waals surface area contributed by atoms with Gasteiger partial charge < -0.3 is 5.32 Å². The Labute approximate surface area is 121 Å². The van der Waals surface area contributed by atoms with E-state index in [0.29, 0.717) is 24.5 Å². The van der Waals surface area contributed by atoms with Gasteiger partial charge in [-0.25, -0.2) is 18.1 Å². The molecular formula is C11H14ClN3O2S2. The lowest BCUT2D eigenvalue weighted by atomic mass is 10.3. The summed E-state index contributed by atoms with van der Waals surface area (Å²) in [7, 11) is -3.10. The van der Waals surface area contributed by atoms with Crippen molar-refractivity contribution in [1.82, 2.24) is 9.71 Å². The summed E-state index contributed by atoms with van der Waals surface area (Å²) in [5.41, 5.74) is 0.870. The van der Waals surface area contributed by atoms with Crippen LogP contribution in [0.1, 0.15) is 6.42 Å². The second-order valence-corrected chi connectivity index (χ2v) is 7.29. The van der Waals surface area contributed by atoms with E-state index in [1.165, 1.54) is 11.3 Å². The molecule has 1 heterocycles. The van der Waals surface area contributed by atoms with Crippen LogP contribution in [0.15, 0.2) is 18.2 Å². The van der Waals surface area contributed by atoms with Crippen LogP contribution in [-0.4, -0.2) is 32.7 Å². The van der Waals surface area contributed by atoms with Gasteiger partial charge in [-0.1, -0.05) is 29.0 Å². The summed E-state index contributed by atoms with van der Waals surface area (Å²) in [6.45, 7) is 1.07. The zero-order valence-electron chi connectivity index (χ0n) is 10.3. The van der Waals surface area contributed by atoms with Crippen molar-refractivity contribution in [3.8, 4) is 0 Å². The van der Waals surface area contributed by atoms with Crippen molar-refractivity contribution < 1.29 is 8.42 Å². The molecule has 2 N–H and O–H groups in total. The molecular weight excluding hydrogens is 306 g/mol. The summed E-state index contributed by atoms with van der Waals surface area (Å²) in [5, 5.41) is 4.65. The summed E-state index contributed by atoms with van der Waals surface area (Å²) in [5.74, 6) is 0. The molecule has 8 heteroatoms. The third-order valence-corrected chi connectivity index (χ3v) is 4.58. The first-order valence-corrected chi connectivity index (χ1v) is 8.78. The van der Waals surface area contributed by atoms with Crippen molar-refractivity contribution in [2.75, 3.05) is 24.7 Å². The average Bonchev–Trinajstić information content (AvgIpc) is 2.71. The Bertz CT molecular complexity index is 670. The molecule has 0 atom stereocenters. The maximum Gasteiger partial charge on any atom is 0.208 e. The van der Waals surface area contributed by atoms with Gasteiger partial charge in [0.25, 0.3) is 0 Å². The molecule has 0 saturated heterocycles. The Balaban J connectivity index is 1.87. The fourth-order valence-electron chi connectivity index (χ4n) is 1.53. The van der Waals surface area contributed by atoms with Crippen LogP contribution in [0, 0.1) is 0 Å². The number of sulfonamides is 1. The number of aromatic nitrogens is 1. The van der Waals surface area contributed by atoms with E-state index < -0.39 is 10.0 Å². The lowest BCUT2D eigenvalue weighted by Gasteiger charge is -2.03. The highest BCUT2D eigenvalue weighted by Gasteiger charge is 2.06. The van der Waals surface area contributed by atoms with Crippen molar-refractivity contribution in [1.29, 1.82) is 0 Å². The molecule has 5 nitrogen and oxygen atoms in total. The Hall–Kier alpha value is -0.890. The first kappa shape index (κ1) is 14.5. The molecule has 0 fully saturated rings. The average molecular weight is 320 g/mol. The number of hydrogen-bond acceptors (Lipinski definition) is 5. The number of rotatable bonds is 6. The summed E-state index contributed by atoms with van der Waals surface area (Å²) in [6, 6.07) is 5.61. The van der Waals surface area contributed by atoms with Gasteiger partial charge in [0.2, 0.25) is 10.0 Å². The van der Waals surface area contributed by atoms with Crippen molar-refractivity contribution in [2.24, 2.45) is 0 Å². The van der Waals surface area contributed by atoms with Crippen LogP contribution in [0.25, 0.3) is 10.2 Å². The van der Waals surface area contributed by atoms with Crippen molar-refractivity contribution in [3.05, 3.63) is 23.2 Å². The van der Waals surface area contributed by atoms with E-state index in [-0.39, 0.29) is 0 Å². The van der Waals surface area contributed by atoms with Gasteiger partial charge in [0.05, 0.1) is 21.5 Å². The standard InChI is InChI=1S/C11H14ClN3O2S2/c1-19(16,17)14-7-3-6-13-11-15-9-5-2-4-8(12)10(9)18-11/h2,4-5,14H,3,6-7H2,1H3,(H,13,15). The minimum Gasteiger partial charge on any atom is -0.361 e. The van der Waals surface area contributed by atoms with Crippen molar-refractivity contribution in [2.45, 2.75) is 6.42 Å². The second-order valence-electron chi connectivity index (χ2n) is 4.05. The molecule has 19 heavy (non-hydrogen) atoms. The van der Waals surface area contributed by atoms with Crippen molar-refractivity contribution in [3.63, 3.8) is 0 Å². The molecule has 104 valence electrons. The van der Waals surface area contributed by atoms with Gasteiger partial charge >= 0.3 is 0 Å². The fourth-order valence-corrected chi connectivity index (χ4v) is 3.23. The third-order valence-electron chi connectivity index (χ3n) is 2.36. The smallest absolute Gasteiger partial charge is 0.208 e. The normalized spacial score (nSPS) is 11.9. The SMILES string of the molecule is CS(=O)(=O)NCCCNc1nc2cccc(Cl)c2s1. The molecule has 0 aliphatic carbocycles. The highest BCUT2D eigenvalue weighted by molar-refractivity contribution is 7.88. The van der Waals surface area contributed by atoms with E-state index in [4.69, 9.17) is 11.6 Å². The number of halogens is 1. The Kier molecular flexibility index (Phi) is 4.62. The lowest BCUT2D eigenvalue weighted by Crippen LogP contribution is -2.24. The molecule has 0 spiro atoms. The second kappa shape index (κ2) is 6.04. The Morgan fingerprint density at radius 2 is 2.16 bits per heavy atom. The molecule has 0 amide bonds. The van der Waals surface area contributed by atoms with E-state index in [9.17, 15) is 8.42 Å². The van der Waals surface area contributed by atoms with Crippen LogP contribution in [-0.2, 0) is 10.0 Å². The van der Waals surface area contributed by atoms with Gasteiger partial charge in [0.15, 0.2) is 5.13 Å².